The quantitative estimate of drug-likeness (QED) is 0.514. The van der Waals surface area contributed by atoms with Gasteiger partial charge in [0.2, 0.25) is 5.91 Å². The molecule has 0 aliphatic rings. The largest absolute Gasteiger partial charge is 0.360 e. The van der Waals surface area contributed by atoms with E-state index in [4.69, 9.17) is 0 Å². The molecule has 0 aliphatic heterocycles. The van der Waals surface area contributed by atoms with Crippen LogP contribution < -0.4 is 10.6 Å². The van der Waals surface area contributed by atoms with Crippen molar-refractivity contribution in [3.05, 3.63) is 77.2 Å². The van der Waals surface area contributed by atoms with Crippen LogP contribution >= 0.6 is 11.3 Å². The molecule has 0 radical (unpaired) electrons. The van der Waals surface area contributed by atoms with Gasteiger partial charge in [0, 0.05) is 28.9 Å². The molecule has 0 atom stereocenters. The van der Waals surface area contributed by atoms with Crippen LogP contribution in [0.15, 0.2) is 72.2 Å². The molecule has 2 N–H and O–H groups in total. The molecular weight excluding hydrogens is 370 g/mol. The Bertz CT molecular complexity index is 1090. The number of aryl methyl sites for hydroxylation is 1. The van der Waals surface area contributed by atoms with Crippen LogP contribution in [-0.2, 0) is 4.79 Å². The van der Waals surface area contributed by atoms with Crippen molar-refractivity contribution in [2.24, 2.45) is 0 Å². The van der Waals surface area contributed by atoms with Gasteiger partial charge in [0.1, 0.15) is 5.82 Å². The van der Waals surface area contributed by atoms with E-state index in [0.29, 0.717) is 5.82 Å². The minimum Gasteiger partial charge on any atom is -0.360 e. The molecule has 2 aromatic carbocycles. The molecule has 0 aliphatic carbocycles. The Morgan fingerprint density at radius 1 is 1.11 bits per heavy atom. The molecule has 0 fully saturated rings. The van der Waals surface area contributed by atoms with E-state index in [2.05, 4.69) is 20.7 Å². The highest BCUT2D eigenvalue weighted by Crippen LogP contribution is 2.24. The number of anilines is 2. The fourth-order valence-corrected chi connectivity index (χ4v) is 3.39. The number of nitrogens with one attached hydrogen (secondary N) is 2. The smallest absolute Gasteiger partial charge is 0.243 e. The second-order valence-corrected chi connectivity index (χ2v) is 7.28. The van der Waals surface area contributed by atoms with Crippen molar-refractivity contribution in [2.45, 2.75) is 6.92 Å². The summed E-state index contributed by atoms with van der Waals surface area (Å²) in [5.41, 5.74) is 3.61. The number of aromatic nitrogens is 3. The molecule has 2 aromatic heterocycles. The highest BCUT2D eigenvalue weighted by Gasteiger charge is 2.07. The maximum Gasteiger partial charge on any atom is 0.243 e. The molecule has 28 heavy (non-hydrogen) atoms. The average molecular weight is 389 g/mol. The number of benzene rings is 2. The minimum atomic E-state index is -0.138. The van der Waals surface area contributed by atoms with E-state index >= 15 is 0 Å². The van der Waals surface area contributed by atoms with Crippen molar-refractivity contribution in [3.8, 4) is 16.9 Å². The zero-order chi connectivity index (χ0) is 19.3. The molecule has 1 amide bonds. The minimum absolute atomic E-state index is 0.131. The van der Waals surface area contributed by atoms with Gasteiger partial charge in [-0.3, -0.25) is 4.79 Å². The highest BCUT2D eigenvalue weighted by atomic mass is 32.1. The fourth-order valence-electron chi connectivity index (χ4n) is 2.77. The van der Waals surface area contributed by atoms with Crippen LogP contribution in [0, 0.1) is 6.92 Å². The molecular formula is C21H19N5OS. The molecule has 0 spiro atoms. The lowest BCUT2D eigenvalue weighted by molar-refractivity contribution is -0.114. The lowest BCUT2D eigenvalue weighted by atomic mass is 10.1. The topological polar surface area (TPSA) is 71.8 Å². The van der Waals surface area contributed by atoms with E-state index in [0.717, 1.165) is 27.6 Å². The van der Waals surface area contributed by atoms with Crippen LogP contribution in [0.2, 0.25) is 0 Å². The molecule has 4 rings (SSSR count). The summed E-state index contributed by atoms with van der Waals surface area (Å²) in [7, 11) is 0. The van der Waals surface area contributed by atoms with Gasteiger partial charge >= 0.3 is 0 Å². The zero-order valence-corrected chi connectivity index (χ0v) is 16.1. The van der Waals surface area contributed by atoms with E-state index in [1.807, 2.05) is 79.2 Å². The Balaban J connectivity index is 1.36. The summed E-state index contributed by atoms with van der Waals surface area (Å²) in [6.07, 6.45) is 1.86. The van der Waals surface area contributed by atoms with Gasteiger partial charge in [0.05, 0.1) is 22.9 Å². The summed E-state index contributed by atoms with van der Waals surface area (Å²) in [5.74, 6) is 0.506. The number of para-hydroxylation sites is 1. The van der Waals surface area contributed by atoms with Crippen molar-refractivity contribution in [2.75, 3.05) is 17.2 Å². The van der Waals surface area contributed by atoms with Gasteiger partial charge in [0.15, 0.2) is 0 Å². The first-order chi connectivity index (χ1) is 13.7. The van der Waals surface area contributed by atoms with Gasteiger partial charge in [0.25, 0.3) is 0 Å². The van der Waals surface area contributed by atoms with Crippen LogP contribution in [0.4, 0.5) is 11.5 Å². The standard InChI is InChI=1S/C21H19N5OS/c1-15-23-19(14-28-15)16-6-5-7-17(12-16)24-21(27)13-22-20-10-11-26(25-20)18-8-3-2-4-9-18/h2-12,14H,13H2,1H3,(H,22,25)(H,24,27). The van der Waals surface area contributed by atoms with E-state index in [9.17, 15) is 4.79 Å². The zero-order valence-electron chi connectivity index (χ0n) is 15.3. The van der Waals surface area contributed by atoms with Gasteiger partial charge in [-0.15, -0.1) is 11.3 Å². The SMILES string of the molecule is Cc1nc(-c2cccc(NC(=O)CNc3ccn(-c4ccccc4)n3)c2)cs1. The summed E-state index contributed by atoms with van der Waals surface area (Å²) in [4.78, 5) is 16.8. The Hall–Kier alpha value is -3.45. The van der Waals surface area contributed by atoms with Crippen molar-refractivity contribution in [3.63, 3.8) is 0 Å². The van der Waals surface area contributed by atoms with E-state index in [1.165, 1.54) is 0 Å². The Kier molecular flexibility index (Phi) is 5.16. The third kappa shape index (κ3) is 4.27. The molecule has 0 saturated heterocycles. The predicted molar refractivity (Wildman–Crippen MR) is 113 cm³/mol. The number of rotatable bonds is 6. The van der Waals surface area contributed by atoms with Crippen molar-refractivity contribution in [1.29, 1.82) is 0 Å². The van der Waals surface area contributed by atoms with Gasteiger partial charge in [-0.25, -0.2) is 9.67 Å². The number of carbonyl (C=O) groups is 1. The van der Waals surface area contributed by atoms with E-state index in [1.54, 1.807) is 16.0 Å². The summed E-state index contributed by atoms with van der Waals surface area (Å²) in [5, 5.41) is 13.4. The second kappa shape index (κ2) is 8.06. The van der Waals surface area contributed by atoms with Crippen LogP contribution in [0.3, 0.4) is 0 Å². The average Bonchev–Trinajstić information content (AvgIpc) is 3.36. The number of carbonyl (C=O) groups excluding carboxylic acids is 1. The predicted octanol–water partition coefficient (Wildman–Crippen LogP) is 4.35. The summed E-state index contributed by atoms with van der Waals surface area (Å²) in [6.45, 7) is 2.11. The summed E-state index contributed by atoms with van der Waals surface area (Å²) >= 11 is 1.61. The lowest BCUT2D eigenvalue weighted by Gasteiger charge is -2.07. The number of nitrogens with zero attached hydrogens (tertiary/aromatic N) is 3. The van der Waals surface area contributed by atoms with E-state index in [-0.39, 0.29) is 12.5 Å². The number of hydrogen-bond donors (Lipinski definition) is 2. The Morgan fingerprint density at radius 2 is 1.96 bits per heavy atom. The Labute approximate surface area is 166 Å². The molecule has 0 saturated carbocycles. The van der Waals surface area contributed by atoms with E-state index < -0.39 is 0 Å². The first-order valence-corrected chi connectivity index (χ1v) is 9.73. The van der Waals surface area contributed by atoms with Crippen molar-refractivity contribution < 1.29 is 4.79 Å². The molecule has 7 heteroatoms. The molecule has 2 heterocycles. The Morgan fingerprint density at radius 3 is 2.75 bits per heavy atom. The molecule has 140 valence electrons. The first kappa shape index (κ1) is 17.9. The normalized spacial score (nSPS) is 10.6. The molecule has 0 bridgehead atoms. The number of thiazole rings is 1. The van der Waals surface area contributed by atoms with Crippen LogP contribution in [0.25, 0.3) is 16.9 Å². The maximum atomic E-state index is 12.3. The first-order valence-electron chi connectivity index (χ1n) is 8.85. The molecule has 6 nitrogen and oxygen atoms in total. The van der Waals surface area contributed by atoms with Crippen molar-refractivity contribution >= 4 is 28.7 Å². The maximum absolute atomic E-state index is 12.3. The summed E-state index contributed by atoms with van der Waals surface area (Å²) < 4.78 is 1.76. The fraction of sp³-hybridized carbons (Fsp3) is 0.0952. The number of amides is 1. The van der Waals surface area contributed by atoms with Crippen LogP contribution in [-0.4, -0.2) is 27.2 Å². The number of hydrogen-bond acceptors (Lipinski definition) is 5. The van der Waals surface area contributed by atoms with Gasteiger partial charge in [-0.2, -0.15) is 5.10 Å². The second-order valence-electron chi connectivity index (χ2n) is 6.22. The van der Waals surface area contributed by atoms with Gasteiger partial charge in [-0.1, -0.05) is 30.3 Å². The van der Waals surface area contributed by atoms with Gasteiger partial charge < -0.3 is 10.6 Å². The molecule has 4 aromatic rings. The van der Waals surface area contributed by atoms with Crippen LogP contribution in [0.1, 0.15) is 5.01 Å². The van der Waals surface area contributed by atoms with Crippen LogP contribution in [0.5, 0.6) is 0 Å². The van der Waals surface area contributed by atoms with Gasteiger partial charge in [-0.05, 0) is 31.2 Å². The van der Waals surface area contributed by atoms with Crippen molar-refractivity contribution in [1.82, 2.24) is 14.8 Å². The summed E-state index contributed by atoms with van der Waals surface area (Å²) in [6, 6.07) is 19.3. The monoisotopic (exact) mass is 389 g/mol. The third-order valence-electron chi connectivity index (χ3n) is 4.10. The highest BCUT2D eigenvalue weighted by molar-refractivity contribution is 7.09. The lowest BCUT2D eigenvalue weighted by Crippen LogP contribution is -2.22. The third-order valence-corrected chi connectivity index (χ3v) is 4.87. The molecule has 0 unspecified atom stereocenters.